The van der Waals surface area contributed by atoms with Crippen LogP contribution in [0.4, 0.5) is 0 Å². The van der Waals surface area contributed by atoms with E-state index >= 15 is 0 Å². The largest absolute Gasteiger partial charge is 0.480 e. The Balaban J connectivity index is 2.35. The molecule has 1 rings (SSSR count). The molecular formula is C13H23NO5. The minimum atomic E-state index is -1.00. The normalized spacial score (nSPS) is 22.4. The van der Waals surface area contributed by atoms with Crippen LogP contribution in [0.15, 0.2) is 0 Å². The number of rotatable bonds is 8. The van der Waals surface area contributed by atoms with Gasteiger partial charge in [-0.3, -0.25) is 9.59 Å². The summed E-state index contributed by atoms with van der Waals surface area (Å²) in [5.74, 6) is -1.15. The van der Waals surface area contributed by atoms with E-state index in [1.807, 2.05) is 6.92 Å². The Labute approximate surface area is 113 Å². The lowest BCUT2D eigenvalue weighted by Crippen LogP contribution is -2.38. The maximum Gasteiger partial charge on any atom is 0.323 e. The van der Waals surface area contributed by atoms with E-state index in [4.69, 9.17) is 14.6 Å². The van der Waals surface area contributed by atoms with Gasteiger partial charge in [-0.1, -0.05) is 0 Å². The van der Waals surface area contributed by atoms with Gasteiger partial charge in [0.15, 0.2) is 0 Å². The molecule has 1 N–H and O–H groups in total. The molecule has 1 amide bonds. The Morgan fingerprint density at radius 3 is 2.68 bits per heavy atom. The van der Waals surface area contributed by atoms with E-state index in [0.717, 1.165) is 12.8 Å². The summed E-state index contributed by atoms with van der Waals surface area (Å²) in [4.78, 5) is 24.0. The van der Waals surface area contributed by atoms with Crippen molar-refractivity contribution in [1.82, 2.24) is 4.90 Å². The van der Waals surface area contributed by atoms with E-state index in [-0.39, 0.29) is 24.7 Å². The van der Waals surface area contributed by atoms with E-state index in [2.05, 4.69) is 0 Å². The Bertz CT molecular complexity index is 307. The molecule has 110 valence electrons. The molecule has 0 spiro atoms. The highest BCUT2D eigenvalue weighted by atomic mass is 16.5. The summed E-state index contributed by atoms with van der Waals surface area (Å²) in [5.41, 5.74) is 0. The zero-order valence-electron chi connectivity index (χ0n) is 11.6. The standard InChI is InChI=1S/C13H23NO5/c1-10-3-4-11(19-10)5-6-12(15)14(7-8-18-2)9-13(16)17/h10-11H,3-9H2,1-2H3,(H,16,17). The first-order chi connectivity index (χ1) is 9.02. The lowest BCUT2D eigenvalue weighted by atomic mass is 10.1. The van der Waals surface area contributed by atoms with Crippen LogP contribution in [0.3, 0.4) is 0 Å². The molecule has 0 aromatic carbocycles. The third kappa shape index (κ3) is 6.02. The van der Waals surface area contributed by atoms with Crippen LogP contribution in [0.5, 0.6) is 0 Å². The fourth-order valence-corrected chi connectivity index (χ4v) is 2.20. The van der Waals surface area contributed by atoms with Gasteiger partial charge in [-0.25, -0.2) is 0 Å². The van der Waals surface area contributed by atoms with Crippen molar-refractivity contribution in [3.05, 3.63) is 0 Å². The second-order valence-corrected chi connectivity index (χ2v) is 4.89. The maximum absolute atomic E-state index is 12.0. The lowest BCUT2D eigenvalue weighted by molar-refractivity contribution is -0.145. The first-order valence-electron chi connectivity index (χ1n) is 6.67. The number of hydrogen-bond acceptors (Lipinski definition) is 4. The fourth-order valence-electron chi connectivity index (χ4n) is 2.20. The van der Waals surface area contributed by atoms with Gasteiger partial charge in [0.25, 0.3) is 0 Å². The van der Waals surface area contributed by atoms with Crippen LogP contribution >= 0.6 is 0 Å². The van der Waals surface area contributed by atoms with E-state index in [9.17, 15) is 9.59 Å². The second kappa shape index (κ2) is 8.12. The van der Waals surface area contributed by atoms with Crippen molar-refractivity contribution >= 4 is 11.9 Å². The molecule has 0 aromatic heterocycles. The minimum Gasteiger partial charge on any atom is -0.480 e. The van der Waals surface area contributed by atoms with Crippen molar-refractivity contribution in [2.75, 3.05) is 26.8 Å². The van der Waals surface area contributed by atoms with E-state index in [0.29, 0.717) is 26.0 Å². The van der Waals surface area contributed by atoms with Crippen LogP contribution in [0.1, 0.15) is 32.6 Å². The predicted octanol–water partition coefficient (Wildman–Crippen LogP) is 0.894. The number of carbonyl (C=O) groups is 2. The van der Waals surface area contributed by atoms with Gasteiger partial charge in [-0.15, -0.1) is 0 Å². The van der Waals surface area contributed by atoms with Crippen LogP contribution < -0.4 is 0 Å². The number of carbonyl (C=O) groups excluding carboxylic acids is 1. The monoisotopic (exact) mass is 273 g/mol. The fraction of sp³-hybridized carbons (Fsp3) is 0.846. The van der Waals surface area contributed by atoms with Crippen molar-refractivity contribution in [3.8, 4) is 0 Å². The Morgan fingerprint density at radius 2 is 2.16 bits per heavy atom. The number of carboxylic acids is 1. The molecule has 0 aromatic rings. The predicted molar refractivity (Wildman–Crippen MR) is 68.9 cm³/mol. The molecule has 0 aliphatic carbocycles. The van der Waals surface area contributed by atoms with Gasteiger partial charge < -0.3 is 19.5 Å². The van der Waals surface area contributed by atoms with Crippen LogP contribution in [0, 0.1) is 0 Å². The molecule has 1 aliphatic rings. The number of amides is 1. The van der Waals surface area contributed by atoms with E-state index in [1.165, 1.54) is 12.0 Å². The maximum atomic E-state index is 12.0. The van der Waals surface area contributed by atoms with Gasteiger partial charge in [0, 0.05) is 20.1 Å². The number of hydrogen-bond donors (Lipinski definition) is 1. The third-order valence-electron chi connectivity index (χ3n) is 3.24. The summed E-state index contributed by atoms with van der Waals surface area (Å²) in [6.07, 6.45) is 3.39. The number of aliphatic carboxylic acids is 1. The number of carboxylic acid groups (broad SMARTS) is 1. The van der Waals surface area contributed by atoms with Crippen LogP contribution in [-0.2, 0) is 19.1 Å². The third-order valence-corrected chi connectivity index (χ3v) is 3.24. The summed E-state index contributed by atoms with van der Waals surface area (Å²) < 4.78 is 10.5. The molecule has 6 heteroatoms. The SMILES string of the molecule is COCCN(CC(=O)O)C(=O)CCC1CCC(C)O1. The van der Waals surface area contributed by atoms with Crippen LogP contribution in [0.2, 0.25) is 0 Å². The summed E-state index contributed by atoms with van der Waals surface area (Å²) >= 11 is 0. The van der Waals surface area contributed by atoms with Crippen LogP contribution in [-0.4, -0.2) is 60.9 Å². The summed E-state index contributed by atoms with van der Waals surface area (Å²) in [6, 6.07) is 0. The molecule has 0 saturated carbocycles. The van der Waals surface area contributed by atoms with Crippen molar-refractivity contribution in [2.24, 2.45) is 0 Å². The van der Waals surface area contributed by atoms with Gasteiger partial charge >= 0.3 is 5.97 Å². The van der Waals surface area contributed by atoms with Crippen molar-refractivity contribution in [2.45, 2.75) is 44.8 Å². The highest BCUT2D eigenvalue weighted by molar-refractivity contribution is 5.81. The van der Waals surface area contributed by atoms with Gasteiger partial charge in [0.1, 0.15) is 6.54 Å². The van der Waals surface area contributed by atoms with Gasteiger partial charge in [-0.05, 0) is 26.2 Å². The first-order valence-corrected chi connectivity index (χ1v) is 6.67. The van der Waals surface area contributed by atoms with Crippen LogP contribution in [0.25, 0.3) is 0 Å². The van der Waals surface area contributed by atoms with Crippen molar-refractivity contribution < 1.29 is 24.2 Å². The molecule has 6 nitrogen and oxygen atoms in total. The second-order valence-electron chi connectivity index (χ2n) is 4.89. The average Bonchev–Trinajstić information content (AvgIpc) is 2.77. The molecule has 1 heterocycles. The van der Waals surface area contributed by atoms with Gasteiger partial charge in [0.2, 0.25) is 5.91 Å². The van der Waals surface area contributed by atoms with Crippen molar-refractivity contribution in [3.63, 3.8) is 0 Å². The molecule has 1 fully saturated rings. The molecule has 19 heavy (non-hydrogen) atoms. The lowest BCUT2D eigenvalue weighted by Gasteiger charge is -2.21. The number of ether oxygens (including phenoxy) is 2. The molecule has 0 bridgehead atoms. The topological polar surface area (TPSA) is 76.1 Å². The quantitative estimate of drug-likeness (QED) is 0.711. The van der Waals surface area contributed by atoms with Gasteiger partial charge in [0.05, 0.1) is 18.8 Å². The summed E-state index contributed by atoms with van der Waals surface area (Å²) in [7, 11) is 1.52. The zero-order chi connectivity index (χ0) is 14.3. The zero-order valence-corrected chi connectivity index (χ0v) is 11.6. The smallest absolute Gasteiger partial charge is 0.323 e. The first kappa shape index (κ1) is 15.9. The highest BCUT2D eigenvalue weighted by Gasteiger charge is 2.24. The summed E-state index contributed by atoms with van der Waals surface area (Å²) in [5, 5.41) is 8.79. The highest BCUT2D eigenvalue weighted by Crippen LogP contribution is 2.22. The molecule has 0 radical (unpaired) electrons. The Morgan fingerprint density at radius 1 is 1.42 bits per heavy atom. The summed E-state index contributed by atoms with van der Waals surface area (Å²) in [6.45, 7) is 2.40. The minimum absolute atomic E-state index is 0.132. The Kier molecular flexibility index (Phi) is 6.80. The molecule has 2 unspecified atom stereocenters. The molecule has 2 atom stereocenters. The molecular weight excluding hydrogens is 250 g/mol. The van der Waals surface area contributed by atoms with Crippen molar-refractivity contribution in [1.29, 1.82) is 0 Å². The number of nitrogens with zero attached hydrogens (tertiary/aromatic N) is 1. The average molecular weight is 273 g/mol. The van der Waals surface area contributed by atoms with E-state index < -0.39 is 5.97 Å². The number of methoxy groups -OCH3 is 1. The Hall–Kier alpha value is -1.14. The molecule has 1 saturated heterocycles. The van der Waals surface area contributed by atoms with Gasteiger partial charge in [-0.2, -0.15) is 0 Å². The van der Waals surface area contributed by atoms with E-state index in [1.54, 1.807) is 0 Å². The molecule has 1 aliphatic heterocycles.